The molecule has 0 spiro atoms. The van der Waals surface area contributed by atoms with Gasteiger partial charge in [-0.3, -0.25) is 4.79 Å². The first-order chi connectivity index (χ1) is 13.9. The summed E-state index contributed by atoms with van der Waals surface area (Å²) in [6.45, 7) is 6.50. The quantitative estimate of drug-likeness (QED) is 0.608. The van der Waals surface area contributed by atoms with Gasteiger partial charge in [-0.15, -0.1) is 0 Å². The van der Waals surface area contributed by atoms with E-state index < -0.39 is 18.5 Å². The molecule has 0 aliphatic carbocycles. The Hall–Kier alpha value is -3.22. The van der Waals surface area contributed by atoms with Gasteiger partial charge in [0.2, 0.25) is 0 Å². The van der Waals surface area contributed by atoms with Gasteiger partial charge in [-0.25, -0.2) is 4.79 Å². The highest BCUT2D eigenvalue weighted by Crippen LogP contribution is 2.29. The first kappa shape index (κ1) is 22.1. The van der Waals surface area contributed by atoms with Crippen LogP contribution < -0.4 is 19.5 Å². The summed E-state index contributed by atoms with van der Waals surface area (Å²) in [7, 11) is 1.56. The molecule has 0 bridgehead atoms. The molecule has 29 heavy (non-hydrogen) atoms. The van der Waals surface area contributed by atoms with Crippen LogP contribution in [0.5, 0.6) is 17.2 Å². The average molecular weight is 401 g/mol. The number of hydrogen-bond donors (Lipinski definition) is 1. The SMILES string of the molecule is CCOc1cc(C(=O)OCC(=O)Nc2ccc(OC)cc2)ccc1OCC(C)C. The van der Waals surface area contributed by atoms with Crippen molar-refractivity contribution in [2.24, 2.45) is 5.92 Å². The molecule has 2 rings (SSSR count). The van der Waals surface area contributed by atoms with Crippen LogP contribution in [0.25, 0.3) is 0 Å². The van der Waals surface area contributed by atoms with Gasteiger partial charge in [0.25, 0.3) is 5.91 Å². The Morgan fingerprint density at radius 2 is 1.72 bits per heavy atom. The highest BCUT2D eigenvalue weighted by Gasteiger charge is 2.15. The summed E-state index contributed by atoms with van der Waals surface area (Å²) >= 11 is 0. The lowest BCUT2D eigenvalue weighted by Crippen LogP contribution is -2.21. The van der Waals surface area contributed by atoms with Crippen LogP contribution in [-0.2, 0) is 9.53 Å². The molecule has 1 N–H and O–H groups in total. The molecule has 2 aromatic rings. The van der Waals surface area contributed by atoms with E-state index in [0.717, 1.165) is 0 Å². The van der Waals surface area contributed by atoms with Crippen LogP contribution in [0.4, 0.5) is 5.69 Å². The molecular weight excluding hydrogens is 374 g/mol. The second-order valence-electron chi connectivity index (χ2n) is 6.65. The first-order valence-corrected chi connectivity index (χ1v) is 9.43. The number of benzene rings is 2. The third kappa shape index (κ3) is 7.03. The van der Waals surface area contributed by atoms with Crippen molar-refractivity contribution in [3.8, 4) is 17.2 Å². The van der Waals surface area contributed by atoms with Crippen LogP contribution >= 0.6 is 0 Å². The fraction of sp³-hybridized carbons (Fsp3) is 0.364. The summed E-state index contributed by atoms with van der Waals surface area (Å²) in [5, 5.41) is 2.65. The zero-order chi connectivity index (χ0) is 21.2. The van der Waals surface area contributed by atoms with Crippen molar-refractivity contribution in [1.82, 2.24) is 0 Å². The number of hydrogen-bond acceptors (Lipinski definition) is 6. The minimum absolute atomic E-state index is 0.280. The van der Waals surface area contributed by atoms with Crippen molar-refractivity contribution in [2.75, 3.05) is 32.2 Å². The molecule has 2 aromatic carbocycles. The Morgan fingerprint density at radius 1 is 1.00 bits per heavy atom. The Kier molecular flexibility index (Phi) is 8.33. The van der Waals surface area contributed by atoms with Crippen LogP contribution in [0.3, 0.4) is 0 Å². The fourth-order valence-electron chi connectivity index (χ4n) is 2.36. The van der Waals surface area contributed by atoms with Crippen LogP contribution in [-0.4, -0.2) is 38.8 Å². The van der Waals surface area contributed by atoms with Crippen molar-refractivity contribution >= 4 is 17.6 Å². The molecule has 7 nitrogen and oxygen atoms in total. The van der Waals surface area contributed by atoms with Gasteiger partial charge < -0.3 is 24.3 Å². The first-order valence-electron chi connectivity index (χ1n) is 9.43. The van der Waals surface area contributed by atoms with Crippen molar-refractivity contribution in [3.63, 3.8) is 0 Å². The topological polar surface area (TPSA) is 83.1 Å². The number of esters is 1. The molecule has 0 aromatic heterocycles. The fourth-order valence-corrected chi connectivity index (χ4v) is 2.36. The average Bonchev–Trinajstić information content (AvgIpc) is 2.71. The van der Waals surface area contributed by atoms with Crippen LogP contribution in [0.1, 0.15) is 31.1 Å². The maximum absolute atomic E-state index is 12.3. The summed E-state index contributed by atoms with van der Waals surface area (Å²) in [5.41, 5.74) is 0.861. The van der Waals surface area contributed by atoms with Gasteiger partial charge in [-0.05, 0) is 55.3 Å². The molecule has 7 heteroatoms. The van der Waals surface area contributed by atoms with Gasteiger partial charge in [0.05, 0.1) is 25.9 Å². The van der Waals surface area contributed by atoms with E-state index in [9.17, 15) is 9.59 Å². The maximum Gasteiger partial charge on any atom is 0.338 e. The highest BCUT2D eigenvalue weighted by atomic mass is 16.5. The van der Waals surface area contributed by atoms with Crippen LogP contribution in [0, 0.1) is 5.92 Å². The number of anilines is 1. The zero-order valence-corrected chi connectivity index (χ0v) is 17.2. The van der Waals surface area contributed by atoms with Gasteiger partial charge in [-0.1, -0.05) is 13.8 Å². The molecule has 0 fully saturated rings. The molecule has 0 saturated heterocycles. The smallest absolute Gasteiger partial charge is 0.338 e. The monoisotopic (exact) mass is 401 g/mol. The van der Waals surface area contributed by atoms with Crippen molar-refractivity contribution < 1.29 is 28.5 Å². The normalized spacial score (nSPS) is 10.4. The molecule has 0 heterocycles. The van der Waals surface area contributed by atoms with Crippen LogP contribution in [0.2, 0.25) is 0 Å². The van der Waals surface area contributed by atoms with Gasteiger partial charge in [0.1, 0.15) is 5.75 Å². The van der Waals surface area contributed by atoms with Gasteiger partial charge in [0, 0.05) is 5.69 Å². The van der Waals surface area contributed by atoms with E-state index in [1.54, 1.807) is 49.6 Å². The third-order valence-corrected chi connectivity index (χ3v) is 3.76. The number of carbonyl (C=O) groups is 2. The minimum atomic E-state index is -0.619. The summed E-state index contributed by atoms with van der Waals surface area (Å²) in [4.78, 5) is 24.3. The van der Waals surface area contributed by atoms with Gasteiger partial charge in [-0.2, -0.15) is 0 Å². The molecule has 0 atom stereocenters. The molecule has 0 aliphatic heterocycles. The number of carbonyl (C=O) groups excluding carboxylic acids is 2. The number of rotatable bonds is 10. The van der Waals surface area contributed by atoms with E-state index in [1.807, 2.05) is 20.8 Å². The van der Waals surface area contributed by atoms with Gasteiger partial charge >= 0.3 is 5.97 Å². The van der Waals surface area contributed by atoms with E-state index in [4.69, 9.17) is 18.9 Å². The van der Waals surface area contributed by atoms with Crippen molar-refractivity contribution in [3.05, 3.63) is 48.0 Å². The zero-order valence-electron chi connectivity index (χ0n) is 17.2. The molecule has 0 unspecified atom stereocenters. The van der Waals surface area contributed by atoms with E-state index >= 15 is 0 Å². The highest BCUT2D eigenvalue weighted by molar-refractivity contribution is 5.95. The predicted molar refractivity (Wildman–Crippen MR) is 110 cm³/mol. The lowest BCUT2D eigenvalue weighted by Gasteiger charge is -2.14. The number of ether oxygens (including phenoxy) is 4. The molecular formula is C22H27NO6. The lowest BCUT2D eigenvalue weighted by atomic mass is 10.2. The molecule has 0 saturated carbocycles. The number of nitrogens with one attached hydrogen (secondary N) is 1. The minimum Gasteiger partial charge on any atom is -0.497 e. The number of methoxy groups -OCH3 is 1. The standard InChI is InChI=1S/C22H27NO6/c1-5-27-20-12-16(6-11-19(20)28-13-15(2)3)22(25)29-14-21(24)23-17-7-9-18(26-4)10-8-17/h6-12,15H,5,13-14H2,1-4H3,(H,23,24). The third-order valence-electron chi connectivity index (χ3n) is 3.76. The van der Waals surface area contributed by atoms with E-state index in [0.29, 0.717) is 42.1 Å². The van der Waals surface area contributed by atoms with Crippen LogP contribution in [0.15, 0.2) is 42.5 Å². The van der Waals surface area contributed by atoms with E-state index in [1.165, 1.54) is 0 Å². The second-order valence-corrected chi connectivity index (χ2v) is 6.65. The Balaban J connectivity index is 1.94. The molecule has 0 aliphatic rings. The second kappa shape index (κ2) is 10.9. The predicted octanol–water partition coefficient (Wildman–Crippen LogP) is 3.92. The molecule has 1 amide bonds. The summed E-state index contributed by atoms with van der Waals surface area (Å²) in [6, 6.07) is 11.7. The molecule has 156 valence electrons. The summed E-state index contributed by atoms with van der Waals surface area (Å²) < 4.78 is 21.4. The Morgan fingerprint density at radius 3 is 2.34 bits per heavy atom. The Labute approximate surface area is 170 Å². The van der Waals surface area contributed by atoms with E-state index in [-0.39, 0.29) is 5.56 Å². The molecule has 0 radical (unpaired) electrons. The number of amides is 1. The largest absolute Gasteiger partial charge is 0.497 e. The van der Waals surface area contributed by atoms with Gasteiger partial charge in [0.15, 0.2) is 18.1 Å². The Bertz CT molecular complexity index is 817. The van der Waals surface area contributed by atoms with E-state index in [2.05, 4.69) is 5.32 Å². The summed E-state index contributed by atoms with van der Waals surface area (Å²) in [6.07, 6.45) is 0. The lowest BCUT2D eigenvalue weighted by molar-refractivity contribution is -0.119. The van der Waals surface area contributed by atoms with Crippen molar-refractivity contribution in [1.29, 1.82) is 0 Å². The maximum atomic E-state index is 12.3. The summed E-state index contributed by atoms with van der Waals surface area (Å²) in [5.74, 6) is 1.01. The van der Waals surface area contributed by atoms with Crippen molar-refractivity contribution in [2.45, 2.75) is 20.8 Å².